The summed E-state index contributed by atoms with van der Waals surface area (Å²) in [5, 5.41) is 12.3. The molecule has 0 fully saturated rings. The molecule has 1 atom stereocenters. The first-order valence-corrected chi connectivity index (χ1v) is 6.71. The predicted octanol–water partition coefficient (Wildman–Crippen LogP) is 3.94. The molecule has 0 saturated heterocycles. The maximum atomic E-state index is 13.4. The Balaban J connectivity index is 2.07. The summed E-state index contributed by atoms with van der Waals surface area (Å²) >= 11 is 0. The molecule has 0 radical (unpaired) electrons. The number of benzene rings is 2. The van der Waals surface area contributed by atoms with Gasteiger partial charge in [0.15, 0.2) is 0 Å². The van der Waals surface area contributed by atoms with Crippen molar-refractivity contribution in [1.29, 1.82) is 5.26 Å². The van der Waals surface area contributed by atoms with Gasteiger partial charge in [-0.2, -0.15) is 5.26 Å². The minimum Gasteiger partial charge on any atom is -0.306 e. The molecule has 0 bridgehead atoms. The predicted molar refractivity (Wildman–Crippen MR) is 77.4 cm³/mol. The lowest BCUT2D eigenvalue weighted by molar-refractivity contribution is 0.517. The third-order valence-corrected chi connectivity index (χ3v) is 3.25. The van der Waals surface area contributed by atoms with E-state index in [1.165, 1.54) is 17.7 Å². The molecular weight excluding hydrogens is 251 g/mol. The Bertz CT molecular complexity index is 602. The van der Waals surface area contributed by atoms with E-state index in [0.717, 1.165) is 12.0 Å². The molecule has 0 aliphatic heterocycles. The Labute approximate surface area is 118 Å². The van der Waals surface area contributed by atoms with Crippen LogP contribution in [-0.2, 0) is 6.54 Å². The van der Waals surface area contributed by atoms with Gasteiger partial charge in [0.05, 0.1) is 11.6 Å². The number of nitrogens with one attached hydrogen (secondary N) is 1. The average molecular weight is 268 g/mol. The van der Waals surface area contributed by atoms with Gasteiger partial charge in [-0.1, -0.05) is 37.3 Å². The van der Waals surface area contributed by atoms with E-state index in [4.69, 9.17) is 5.26 Å². The monoisotopic (exact) mass is 268 g/mol. The quantitative estimate of drug-likeness (QED) is 0.891. The van der Waals surface area contributed by atoms with Crippen molar-refractivity contribution in [3.05, 3.63) is 71.0 Å². The molecular formula is C17H17FN2. The number of halogens is 1. The van der Waals surface area contributed by atoms with E-state index in [1.807, 2.05) is 24.3 Å². The zero-order valence-electron chi connectivity index (χ0n) is 11.4. The maximum absolute atomic E-state index is 13.4. The van der Waals surface area contributed by atoms with Gasteiger partial charge in [0.25, 0.3) is 0 Å². The Morgan fingerprint density at radius 2 is 1.95 bits per heavy atom. The molecule has 0 saturated carbocycles. The van der Waals surface area contributed by atoms with E-state index >= 15 is 0 Å². The van der Waals surface area contributed by atoms with Crippen LogP contribution in [0.3, 0.4) is 0 Å². The van der Waals surface area contributed by atoms with Crippen LogP contribution in [0.15, 0.2) is 48.5 Å². The molecule has 2 rings (SSSR count). The lowest BCUT2D eigenvalue weighted by atomic mass is 10.0. The van der Waals surface area contributed by atoms with Gasteiger partial charge in [0, 0.05) is 12.6 Å². The minimum absolute atomic E-state index is 0.227. The lowest BCUT2D eigenvalue weighted by Crippen LogP contribution is -2.20. The maximum Gasteiger partial charge on any atom is 0.124 e. The fourth-order valence-corrected chi connectivity index (χ4v) is 2.24. The molecule has 1 N–H and O–H groups in total. The molecule has 0 amide bonds. The van der Waals surface area contributed by atoms with Crippen LogP contribution in [-0.4, -0.2) is 0 Å². The normalized spacial score (nSPS) is 11.8. The van der Waals surface area contributed by atoms with E-state index in [-0.39, 0.29) is 11.9 Å². The number of hydrogen-bond acceptors (Lipinski definition) is 2. The fourth-order valence-electron chi connectivity index (χ4n) is 2.24. The molecule has 2 aromatic carbocycles. The molecule has 0 spiro atoms. The van der Waals surface area contributed by atoms with E-state index in [1.54, 1.807) is 6.07 Å². The van der Waals surface area contributed by atoms with Crippen LogP contribution in [0, 0.1) is 17.1 Å². The molecule has 3 heteroatoms. The van der Waals surface area contributed by atoms with Crippen LogP contribution in [0.2, 0.25) is 0 Å². The molecule has 0 heterocycles. The molecule has 2 aromatic rings. The highest BCUT2D eigenvalue weighted by Gasteiger charge is 2.08. The van der Waals surface area contributed by atoms with Crippen molar-refractivity contribution in [2.75, 3.05) is 0 Å². The number of rotatable bonds is 5. The summed E-state index contributed by atoms with van der Waals surface area (Å²) < 4.78 is 13.4. The van der Waals surface area contributed by atoms with Gasteiger partial charge in [0.2, 0.25) is 0 Å². The largest absolute Gasteiger partial charge is 0.306 e. The van der Waals surface area contributed by atoms with Crippen molar-refractivity contribution in [2.45, 2.75) is 25.9 Å². The summed E-state index contributed by atoms with van der Waals surface area (Å²) in [7, 11) is 0. The summed E-state index contributed by atoms with van der Waals surface area (Å²) in [5.41, 5.74) is 2.36. The third-order valence-electron chi connectivity index (χ3n) is 3.25. The van der Waals surface area contributed by atoms with Crippen molar-refractivity contribution >= 4 is 0 Å². The summed E-state index contributed by atoms with van der Waals surface area (Å²) in [4.78, 5) is 0. The molecule has 2 nitrogen and oxygen atoms in total. The van der Waals surface area contributed by atoms with Crippen molar-refractivity contribution < 1.29 is 4.39 Å². The van der Waals surface area contributed by atoms with E-state index < -0.39 is 0 Å². The number of hydrogen-bond donors (Lipinski definition) is 1. The Morgan fingerprint density at radius 3 is 2.60 bits per heavy atom. The molecule has 0 aromatic heterocycles. The van der Waals surface area contributed by atoms with E-state index in [9.17, 15) is 4.39 Å². The SMILES string of the molecule is CCC(NCc1cc(F)cc(C#N)c1)c1ccccc1. The van der Waals surface area contributed by atoms with Gasteiger partial charge in [-0.25, -0.2) is 4.39 Å². The highest BCUT2D eigenvalue weighted by atomic mass is 19.1. The van der Waals surface area contributed by atoms with Gasteiger partial charge < -0.3 is 5.32 Å². The summed E-state index contributed by atoms with van der Waals surface area (Å²) in [6.07, 6.45) is 0.949. The van der Waals surface area contributed by atoms with Gasteiger partial charge >= 0.3 is 0 Å². The molecule has 20 heavy (non-hydrogen) atoms. The van der Waals surface area contributed by atoms with Gasteiger partial charge in [-0.3, -0.25) is 0 Å². The second-order valence-electron chi connectivity index (χ2n) is 4.71. The summed E-state index contributed by atoms with van der Waals surface area (Å²) in [6, 6.07) is 16.8. The van der Waals surface area contributed by atoms with Crippen molar-refractivity contribution in [3.8, 4) is 6.07 Å². The average Bonchev–Trinajstić information content (AvgIpc) is 2.48. The van der Waals surface area contributed by atoms with Crippen molar-refractivity contribution in [3.63, 3.8) is 0 Å². The second-order valence-corrected chi connectivity index (χ2v) is 4.71. The number of nitriles is 1. The summed E-state index contributed by atoms with van der Waals surface area (Å²) in [6.45, 7) is 2.65. The highest BCUT2D eigenvalue weighted by molar-refractivity contribution is 5.33. The number of nitrogens with zero attached hydrogens (tertiary/aromatic N) is 1. The zero-order chi connectivity index (χ0) is 14.4. The Hall–Kier alpha value is -2.18. The topological polar surface area (TPSA) is 35.8 Å². The first-order chi connectivity index (χ1) is 9.72. The molecule has 0 aliphatic carbocycles. The van der Waals surface area contributed by atoms with Crippen molar-refractivity contribution in [1.82, 2.24) is 5.32 Å². The van der Waals surface area contributed by atoms with Gasteiger partial charge in [0.1, 0.15) is 5.82 Å². The first-order valence-electron chi connectivity index (χ1n) is 6.71. The Morgan fingerprint density at radius 1 is 1.20 bits per heavy atom. The summed E-state index contributed by atoms with van der Waals surface area (Å²) in [5.74, 6) is -0.367. The molecule has 0 aliphatic rings. The van der Waals surface area contributed by atoms with E-state index in [2.05, 4.69) is 24.4 Å². The van der Waals surface area contributed by atoms with Crippen molar-refractivity contribution in [2.24, 2.45) is 0 Å². The fraction of sp³-hybridized carbons (Fsp3) is 0.235. The first kappa shape index (κ1) is 14.2. The van der Waals surface area contributed by atoms with Crippen LogP contribution < -0.4 is 5.32 Å². The van der Waals surface area contributed by atoms with Gasteiger partial charge in [-0.15, -0.1) is 0 Å². The standard InChI is InChI=1S/C17H17FN2/c1-2-17(15-6-4-3-5-7-15)20-12-14-8-13(11-19)9-16(18)10-14/h3-10,17,20H,2,12H2,1H3. The highest BCUT2D eigenvalue weighted by Crippen LogP contribution is 2.17. The van der Waals surface area contributed by atoms with Crippen LogP contribution >= 0.6 is 0 Å². The zero-order valence-corrected chi connectivity index (χ0v) is 11.4. The Kier molecular flexibility index (Phi) is 4.86. The van der Waals surface area contributed by atoms with Gasteiger partial charge in [-0.05, 0) is 35.7 Å². The van der Waals surface area contributed by atoms with E-state index in [0.29, 0.717) is 12.1 Å². The molecule has 102 valence electrons. The van der Waals surface area contributed by atoms with Crippen LogP contribution in [0.25, 0.3) is 0 Å². The van der Waals surface area contributed by atoms with Crippen LogP contribution in [0.5, 0.6) is 0 Å². The van der Waals surface area contributed by atoms with Crippen LogP contribution in [0.1, 0.15) is 36.1 Å². The minimum atomic E-state index is -0.367. The molecule has 1 unspecified atom stereocenters. The third kappa shape index (κ3) is 3.66. The van der Waals surface area contributed by atoms with Crippen LogP contribution in [0.4, 0.5) is 4.39 Å². The lowest BCUT2D eigenvalue weighted by Gasteiger charge is -2.17. The second kappa shape index (κ2) is 6.83. The smallest absolute Gasteiger partial charge is 0.124 e.